The Bertz CT molecular complexity index is 352. The van der Waals surface area contributed by atoms with E-state index in [4.69, 9.17) is 4.74 Å². The van der Waals surface area contributed by atoms with E-state index in [9.17, 15) is 9.90 Å². The molecule has 0 radical (unpaired) electrons. The second kappa shape index (κ2) is 7.68. The Hall–Kier alpha value is -1.55. The number of ether oxygens (including phenoxy) is 1. The van der Waals surface area contributed by atoms with Gasteiger partial charge in [-0.25, -0.2) is 0 Å². The van der Waals surface area contributed by atoms with E-state index in [1.165, 1.54) is 0 Å². The van der Waals surface area contributed by atoms with Crippen LogP contribution in [0.1, 0.15) is 25.3 Å². The fraction of sp³-hybridized carbons (Fsp3) is 0.462. The fourth-order valence-electron chi connectivity index (χ4n) is 1.34. The number of para-hydroxylation sites is 1. The number of hydrogen-bond donors (Lipinski definition) is 2. The minimum absolute atomic E-state index is 0.165. The molecule has 1 aromatic rings. The van der Waals surface area contributed by atoms with E-state index >= 15 is 0 Å². The van der Waals surface area contributed by atoms with Gasteiger partial charge < -0.3 is 15.2 Å². The summed E-state index contributed by atoms with van der Waals surface area (Å²) in [7, 11) is 0. The van der Waals surface area contributed by atoms with Crippen molar-refractivity contribution in [2.75, 3.05) is 13.2 Å². The Morgan fingerprint density at radius 2 is 2.18 bits per heavy atom. The number of phenols is 1. The second-order valence-corrected chi connectivity index (χ2v) is 3.81. The van der Waals surface area contributed by atoms with Gasteiger partial charge in [0.1, 0.15) is 5.75 Å². The maximum Gasteiger partial charge on any atom is 0.319 e. The lowest BCUT2D eigenvalue weighted by atomic mass is 10.2. The fourth-order valence-corrected chi connectivity index (χ4v) is 1.34. The Kier molecular flexibility index (Phi) is 6.10. The highest BCUT2D eigenvalue weighted by atomic mass is 16.5. The highest BCUT2D eigenvalue weighted by Gasteiger charge is 2.03. The van der Waals surface area contributed by atoms with E-state index in [0.29, 0.717) is 13.2 Å². The number of unbranched alkanes of at least 4 members (excludes halogenated alkanes) is 1. The predicted molar refractivity (Wildman–Crippen MR) is 65.7 cm³/mol. The normalized spacial score (nSPS) is 10.2. The molecule has 0 saturated heterocycles. The van der Waals surface area contributed by atoms with Gasteiger partial charge in [0.25, 0.3) is 0 Å². The molecule has 0 aliphatic carbocycles. The molecule has 0 amide bonds. The second-order valence-electron chi connectivity index (χ2n) is 3.81. The average Bonchev–Trinajstić information content (AvgIpc) is 2.32. The molecule has 0 saturated carbocycles. The molecule has 0 unspecified atom stereocenters. The van der Waals surface area contributed by atoms with Crippen LogP contribution in [0.2, 0.25) is 0 Å². The van der Waals surface area contributed by atoms with Crippen molar-refractivity contribution in [3.8, 4) is 5.75 Å². The maximum atomic E-state index is 11.2. The first kappa shape index (κ1) is 13.5. The van der Waals surface area contributed by atoms with Crippen LogP contribution in [0.5, 0.6) is 5.75 Å². The quantitative estimate of drug-likeness (QED) is 0.561. The zero-order valence-electron chi connectivity index (χ0n) is 10.1. The minimum atomic E-state index is -0.256. The van der Waals surface area contributed by atoms with Gasteiger partial charge in [-0.05, 0) is 12.5 Å². The third kappa shape index (κ3) is 5.36. The largest absolute Gasteiger partial charge is 0.508 e. The van der Waals surface area contributed by atoms with Crippen LogP contribution in [0.25, 0.3) is 0 Å². The van der Waals surface area contributed by atoms with E-state index in [0.717, 1.165) is 18.4 Å². The summed E-state index contributed by atoms with van der Waals surface area (Å²) in [5.41, 5.74) is 0.772. The molecule has 0 spiro atoms. The summed E-state index contributed by atoms with van der Waals surface area (Å²) < 4.78 is 4.99. The summed E-state index contributed by atoms with van der Waals surface area (Å²) in [5.74, 6) is -0.0202. The Labute approximate surface area is 102 Å². The van der Waals surface area contributed by atoms with Crippen molar-refractivity contribution in [3.05, 3.63) is 29.8 Å². The van der Waals surface area contributed by atoms with Crippen molar-refractivity contribution in [3.63, 3.8) is 0 Å². The lowest BCUT2D eigenvalue weighted by Gasteiger charge is -2.07. The van der Waals surface area contributed by atoms with Gasteiger partial charge in [-0.15, -0.1) is 0 Å². The van der Waals surface area contributed by atoms with Gasteiger partial charge in [-0.2, -0.15) is 0 Å². The van der Waals surface area contributed by atoms with Crippen LogP contribution >= 0.6 is 0 Å². The average molecular weight is 237 g/mol. The molecule has 0 fully saturated rings. The van der Waals surface area contributed by atoms with Crippen LogP contribution in [0.15, 0.2) is 24.3 Å². The molecule has 0 aromatic heterocycles. The van der Waals surface area contributed by atoms with Crippen molar-refractivity contribution < 1.29 is 14.6 Å². The van der Waals surface area contributed by atoms with E-state index in [2.05, 4.69) is 5.32 Å². The highest BCUT2D eigenvalue weighted by Crippen LogP contribution is 2.14. The molecule has 94 valence electrons. The molecule has 17 heavy (non-hydrogen) atoms. The number of phenolic OH excluding ortho intramolecular Hbond substituents is 1. The Morgan fingerprint density at radius 3 is 2.88 bits per heavy atom. The number of benzene rings is 1. The molecule has 0 aliphatic heterocycles. The predicted octanol–water partition coefficient (Wildman–Crippen LogP) is 1.83. The van der Waals surface area contributed by atoms with Gasteiger partial charge in [0.2, 0.25) is 0 Å². The van der Waals surface area contributed by atoms with Crippen molar-refractivity contribution in [1.29, 1.82) is 0 Å². The van der Waals surface area contributed by atoms with E-state index in [-0.39, 0.29) is 18.3 Å². The van der Waals surface area contributed by atoms with Crippen LogP contribution in [0, 0.1) is 0 Å². The first-order chi connectivity index (χ1) is 8.24. The molecular weight excluding hydrogens is 218 g/mol. The van der Waals surface area contributed by atoms with Gasteiger partial charge in [-0.3, -0.25) is 4.79 Å². The number of hydrogen-bond acceptors (Lipinski definition) is 4. The number of carbonyl (C=O) groups is 1. The van der Waals surface area contributed by atoms with E-state index in [1.807, 2.05) is 19.1 Å². The first-order valence-electron chi connectivity index (χ1n) is 5.87. The van der Waals surface area contributed by atoms with Crippen LogP contribution in [0.3, 0.4) is 0 Å². The smallest absolute Gasteiger partial charge is 0.319 e. The third-order valence-electron chi connectivity index (χ3n) is 2.34. The summed E-state index contributed by atoms with van der Waals surface area (Å²) in [5, 5.41) is 12.4. The lowest BCUT2D eigenvalue weighted by molar-refractivity contribution is -0.142. The lowest BCUT2D eigenvalue weighted by Crippen LogP contribution is -2.24. The van der Waals surface area contributed by atoms with Gasteiger partial charge in [0, 0.05) is 12.1 Å². The number of nitrogens with one attached hydrogen (secondary N) is 1. The molecule has 2 N–H and O–H groups in total. The third-order valence-corrected chi connectivity index (χ3v) is 2.34. The molecular formula is C13H19NO3. The van der Waals surface area contributed by atoms with Crippen LogP contribution < -0.4 is 5.32 Å². The first-order valence-corrected chi connectivity index (χ1v) is 5.87. The summed E-state index contributed by atoms with van der Waals surface area (Å²) >= 11 is 0. The molecule has 4 nitrogen and oxygen atoms in total. The van der Waals surface area contributed by atoms with Crippen LogP contribution in [-0.4, -0.2) is 24.2 Å². The number of carbonyl (C=O) groups excluding carboxylic acids is 1. The minimum Gasteiger partial charge on any atom is -0.508 e. The van der Waals surface area contributed by atoms with Gasteiger partial charge in [-0.1, -0.05) is 31.5 Å². The summed E-state index contributed by atoms with van der Waals surface area (Å²) in [6, 6.07) is 7.04. The number of rotatable bonds is 7. The van der Waals surface area contributed by atoms with E-state index < -0.39 is 0 Å². The molecule has 0 bridgehead atoms. The van der Waals surface area contributed by atoms with Crippen molar-refractivity contribution >= 4 is 5.97 Å². The summed E-state index contributed by atoms with van der Waals surface area (Å²) in [4.78, 5) is 11.2. The number of aromatic hydroxyl groups is 1. The maximum absolute atomic E-state index is 11.2. The molecule has 0 heterocycles. The zero-order chi connectivity index (χ0) is 12.5. The molecule has 4 heteroatoms. The molecule has 0 atom stereocenters. The molecule has 1 aromatic carbocycles. The molecule has 0 aliphatic rings. The van der Waals surface area contributed by atoms with Gasteiger partial charge in [0.15, 0.2) is 0 Å². The molecule has 1 rings (SSSR count). The monoisotopic (exact) mass is 237 g/mol. The SMILES string of the molecule is CCCCOC(=O)CNCc1ccccc1O. The Morgan fingerprint density at radius 1 is 1.41 bits per heavy atom. The highest BCUT2D eigenvalue weighted by molar-refractivity contribution is 5.71. The van der Waals surface area contributed by atoms with Crippen LogP contribution in [0.4, 0.5) is 0 Å². The number of esters is 1. The Balaban J connectivity index is 2.19. The topological polar surface area (TPSA) is 58.6 Å². The van der Waals surface area contributed by atoms with Crippen molar-refractivity contribution in [1.82, 2.24) is 5.32 Å². The summed E-state index contributed by atoms with van der Waals surface area (Å²) in [6.45, 7) is 3.14. The van der Waals surface area contributed by atoms with Gasteiger partial charge in [0.05, 0.1) is 13.2 Å². The van der Waals surface area contributed by atoms with Gasteiger partial charge >= 0.3 is 5.97 Å². The van der Waals surface area contributed by atoms with Crippen LogP contribution in [-0.2, 0) is 16.1 Å². The summed E-state index contributed by atoms with van der Waals surface area (Å²) in [6.07, 6.45) is 1.91. The standard InChI is InChI=1S/C13H19NO3/c1-2-3-8-17-13(16)10-14-9-11-6-4-5-7-12(11)15/h4-7,14-15H,2-3,8-10H2,1H3. The van der Waals surface area contributed by atoms with E-state index in [1.54, 1.807) is 12.1 Å². The van der Waals surface area contributed by atoms with Crippen molar-refractivity contribution in [2.24, 2.45) is 0 Å². The van der Waals surface area contributed by atoms with Crippen molar-refractivity contribution in [2.45, 2.75) is 26.3 Å². The zero-order valence-corrected chi connectivity index (χ0v) is 10.1.